The zero-order chi connectivity index (χ0) is 15.3. The van der Waals surface area contributed by atoms with Gasteiger partial charge in [0, 0.05) is 24.3 Å². The average molecular weight is 360 g/mol. The number of rotatable bonds is 5. The number of phenols is 1. The Morgan fingerprint density at radius 1 is 1.19 bits per heavy atom. The van der Waals surface area contributed by atoms with Gasteiger partial charge in [0.15, 0.2) is 0 Å². The molecule has 0 saturated carbocycles. The zero-order valence-electron chi connectivity index (χ0n) is 13.2. The van der Waals surface area contributed by atoms with Gasteiger partial charge in [-0.2, -0.15) is 0 Å². The van der Waals surface area contributed by atoms with Crippen LogP contribution in [0.1, 0.15) is 27.7 Å². The Balaban J connectivity index is 0.00000400. The van der Waals surface area contributed by atoms with Crippen molar-refractivity contribution in [3.05, 3.63) is 24.3 Å². The molecular formula is C15H26BrN3O2. The summed E-state index contributed by atoms with van der Waals surface area (Å²) in [6.07, 6.45) is 0. The van der Waals surface area contributed by atoms with Gasteiger partial charge in [-0.3, -0.25) is 9.80 Å². The van der Waals surface area contributed by atoms with E-state index in [9.17, 15) is 9.90 Å². The van der Waals surface area contributed by atoms with Crippen LogP contribution in [0.4, 0.5) is 10.5 Å². The van der Waals surface area contributed by atoms with E-state index in [1.807, 2.05) is 0 Å². The highest BCUT2D eigenvalue weighted by molar-refractivity contribution is 8.93. The Labute approximate surface area is 137 Å². The smallest absolute Gasteiger partial charge is 0.319 e. The minimum absolute atomic E-state index is 0. The summed E-state index contributed by atoms with van der Waals surface area (Å²) < 4.78 is 0. The van der Waals surface area contributed by atoms with Crippen molar-refractivity contribution in [3.63, 3.8) is 0 Å². The molecule has 6 heteroatoms. The highest BCUT2D eigenvalue weighted by Gasteiger charge is 2.21. The number of phenolic OH excluding ortho intramolecular Hbond substituents is 1. The van der Waals surface area contributed by atoms with Crippen molar-refractivity contribution in [2.24, 2.45) is 5.73 Å². The van der Waals surface area contributed by atoms with Gasteiger partial charge in [-0.05, 0) is 51.6 Å². The summed E-state index contributed by atoms with van der Waals surface area (Å²) in [5.74, 6) is 0.169. The molecule has 1 aromatic rings. The van der Waals surface area contributed by atoms with Crippen molar-refractivity contribution in [3.8, 4) is 5.75 Å². The standard InChI is InChI=1S/C15H25N3O2.BrH/c1-5-17(15(2,3)4)10-11-18(14(16)20)12-6-8-13(19)9-7-12;/h6-9,19H,5,10-11H2,1-4H3,(H2,16,20);1H. The van der Waals surface area contributed by atoms with E-state index < -0.39 is 6.03 Å². The number of primary amides is 1. The van der Waals surface area contributed by atoms with Gasteiger partial charge in [-0.25, -0.2) is 4.79 Å². The molecule has 0 heterocycles. The normalized spacial score (nSPS) is 11.1. The first-order valence-electron chi connectivity index (χ1n) is 6.86. The number of likely N-dealkylation sites (N-methyl/N-ethyl adjacent to an activating group) is 1. The molecule has 0 fully saturated rings. The molecule has 0 aliphatic heterocycles. The van der Waals surface area contributed by atoms with E-state index in [2.05, 4.69) is 32.6 Å². The van der Waals surface area contributed by atoms with Crippen LogP contribution in [0.2, 0.25) is 0 Å². The molecule has 1 aromatic carbocycles. The SMILES string of the molecule is Br.CCN(CCN(C(N)=O)c1ccc(O)cc1)C(C)(C)C. The fourth-order valence-corrected chi connectivity index (χ4v) is 2.19. The second-order valence-electron chi connectivity index (χ2n) is 5.76. The third-order valence-corrected chi connectivity index (χ3v) is 3.35. The summed E-state index contributed by atoms with van der Waals surface area (Å²) >= 11 is 0. The van der Waals surface area contributed by atoms with Crippen LogP contribution < -0.4 is 10.6 Å². The van der Waals surface area contributed by atoms with E-state index in [0.717, 1.165) is 13.1 Å². The number of urea groups is 1. The molecule has 0 radical (unpaired) electrons. The van der Waals surface area contributed by atoms with Crippen LogP contribution in [0.15, 0.2) is 24.3 Å². The lowest BCUT2D eigenvalue weighted by Crippen LogP contribution is -2.47. The van der Waals surface area contributed by atoms with Gasteiger partial charge in [0.25, 0.3) is 0 Å². The van der Waals surface area contributed by atoms with Crippen molar-refractivity contribution in [1.82, 2.24) is 4.90 Å². The lowest BCUT2D eigenvalue weighted by atomic mass is 10.1. The predicted octanol–water partition coefficient (Wildman–Crippen LogP) is 2.98. The molecule has 5 nitrogen and oxygen atoms in total. The number of nitrogens with zero attached hydrogens (tertiary/aromatic N) is 2. The van der Waals surface area contributed by atoms with Gasteiger partial charge in [0.2, 0.25) is 0 Å². The van der Waals surface area contributed by atoms with E-state index in [1.165, 1.54) is 4.90 Å². The number of nitrogens with two attached hydrogens (primary N) is 1. The summed E-state index contributed by atoms with van der Waals surface area (Å²) in [6.45, 7) is 10.7. The number of carbonyl (C=O) groups excluding carboxylic acids is 1. The van der Waals surface area contributed by atoms with Crippen LogP contribution >= 0.6 is 17.0 Å². The van der Waals surface area contributed by atoms with Crippen molar-refractivity contribution in [1.29, 1.82) is 0 Å². The van der Waals surface area contributed by atoms with Crippen LogP contribution in [0.5, 0.6) is 5.75 Å². The van der Waals surface area contributed by atoms with Crippen LogP contribution in [-0.4, -0.2) is 41.2 Å². The summed E-state index contributed by atoms with van der Waals surface area (Å²) in [5.41, 5.74) is 6.19. The average Bonchev–Trinajstić information content (AvgIpc) is 2.34. The Morgan fingerprint density at radius 3 is 2.10 bits per heavy atom. The molecule has 0 spiro atoms. The van der Waals surface area contributed by atoms with Crippen molar-refractivity contribution < 1.29 is 9.90 Å². The molecule has 0 unspecified atom stereocenters. The molecule has 0 aliphatic rings. The molecule has 0 atom stereocenters. The van der Waals surface area contributed by atoms with Gasteiger partial charge in [-0.1, -0.05) is 6.92 Å². The van der Waals surface area contributed by atoms with Gasteiger partial charge in [0.05, 0.1) is 0 Å². The van der Waals surface area contributed by atoms with E-state index in [0.29, 0.717) is 12.2 Å². The summed E-state index contributed by atoms with van der Waals surface area (Å²) in [7, 11) is 0. The van der Waals surface area contributed by atoms with E-state index in [1.54, 1.807) is 24.3 Å². The van der Waals surface area contributed by atoms with Gasteiger partial charge in [0.1, 0.15) is 5.75 Å². The largest absolute Gasteiger partial charge is 0.508 e. The quantitative estimate of drug-likeness (QED) is 0.848. The van der Waals surface area contributed by atoms with Gasteiger partial charge >= 0.3 is 6.03 Å². The summed E-state index contributed by atoms with van der Waals surface area (Å²) in [4.78, 5) is 15.4. The van der Waals surface area contributed by atoms with E-state index >= 15 is 0 Å². The summed E-state index contributed by atoms with van der Waals surface area (Å²) in [6, 6.07) is 5.99. The fraction of sp³-hybridized carbons (Fsp3) is 0.533. The van der Waals surface area contributed by atoms with Gasteiger partial charge in [-0.15, -0.1) is 17.0 Å². The van der Waals surface area contributed by atoms with Crippen LogP contribution in [0.25, 0.3) is 0 Å². The molecule has 120 valence electrons. The molecule has 0 bridgehead atoms. The second-order valence-corrected chi connectivity index (χ2v) is 5.76. The predicted molar refractivity (Wildman–Crippen MR) is 92.4 cm³/mol. The third-order valence-electron chi connectivity index (χ3n) is 3.35. The Hall–Kier alpha value is -1.27. The Bertz CT molecular complexity index is 443. The lowest BCUT2D eigenvalue weighted by Gasteiger charge is -2.36. The lowest BCUT2D eigenvalue weighted by molar-refractivity contribution is 0.149. The van der Waals surface area contributed by atoms with Crippen molar-refractivity contribution >= 4 is 28.7 Å². The molecule has 21 heavy (non-hydrogen) atoms. The zero-order valence-corrected chi connectivity index (χ0v) is 14.9. The number of anilines is 1. The van der Waals surface area contributed by atoms with E-state index in [4.69, 9.17) is 5.73 Å². The van der Waals surface area contributed by atoms with Crippen molar-refractivity contribution in [2.45, 2.75) is 33.2 Å². The third kappa shape index (κ3) is 5.93. The molecule has 1 rings (SSSR count). The topological polar surface area (TPSA) is 69.8 Å². The fourth-order valence-electron chi connectivity index (χ4n) is 2.19. The maximum Gasteiger partial charge on any atom is 0.319 e. The number of amides is 2. The van der Waals surface area contributed by atoms with Gasteiger partial charge < -0.3 is 10.8 Å². The minimum Gasteiger partial charge on any atom is -0.508 e. The second kappa shape index (κ2) is 8.24. The maximum absolute atomic E-state index is 11.6. The van der Waals surface area contributed by atoms with Crippen LogP contribution in [0.3, 0.4) is 0 Å². The first kappa shape index (κ1) is 19.7. The monoisotopic (exact) mass is 359 g/mol. The summed E-state index contributed by atoms with van der Waals surface area (Å²) in [5, 5.41) is 9.30. The molecule has 2 amide bonds. The highest BCUT2D eigenvalue weighted by atomic mass is 79.9. The molecule has 0 saturated heterocycles. The highest BCUT2D eigenvalue weighted by Crippen LogP contribution is 2.19. The number of carbonyl (C=O) groups is 1. The van der Waals surface area contributed by atoms with E-state index in [-0.39, 0.29) is 28.3 Å². The molecule has 0 aliphatic carbocycles. The minimum atomic E-state index is -0.486. The van der Waals surface area contributed by atoms with Crippen LogP contribution in [0, 0.1) is 0 Å². The first-order chi connectivity index (χ1) is 9.25. The first-order valence-corrected chi connectivity index (χ1v) is 6.86. The Morgan fingerprint density at radius 2 is 1.71 bits per heavy atom. The number of benzene rings is 1. The maximum atomic E-state index is 11.6. The molecule has 0 aromatic heterocycles. The number of hydrogen-bond acceptors (Lipinski definition) is 3. The number of halogens is 1. The van der Waals surface area contributed by atoms with Crippen molar-refractivity contribution in [2.75, 3.05) is 24.5 Å². The molecular weight excluding hydrogens is 334 g/mol. The number of hydrogen-bond donors (Lipinski definition) is 2. The number of aromatic hydroxyl groups is 1. The molecule has 3 N–H and O–H groups in total. The Kier molecular flexibility index (Phi) is 7.74. The van der Waals surface area contributed by atoms with Crippen LogP contribution in [-0.2, 0) is 0 Å².